The Hall–Kier alpha value is -5.47. The molecule has 0 aromatic heterocycles. The summed E-state index contributed by atoms with van der Waals surface area (Å²) in [5.41, 5.74) is 6.68. The SMILES string of the molecule is COc1cc(CC(=O)OCC2CCN(C(=O)CCN3CCC(OC(=O)Nc4ccccc4-c4ccccc4)CC3)CC2)c(Cl)cc1CCC[C@H](O[Si](C)(C)C(C)(C)C)c1ccc(O)c2c1C=CC(=O)C2. The molecule has 0 unspecified atom stereocenters. The van der Waals surface area contributed by atoms with Gasteiger partial charge in [-0.25, -0.2) is 4.79 Å². The van der Waals surface area contributed by atoms with Crippen LogP contribution >= 0.6 is 11.6 Å². The number of esters is 1. The molecule has 2 fully saturated rings. The van der Waals surface area contributed by atoms with Crippen molar-refractivity contribution in [3.05, 3.63) is 118 Å². The molecule has 2 N–H and O–H groups in total. The Morgan fingerprint density at radius 3 is 2.33 bits per heavy atom. The number of hydrogen-bond donors (Lipinski definition) is 2. The third-order valence-electron chi connectivity index (χ3n) is 14.6. The van der Waals surface area contributed by atoms with E-state index in [9.17, 15) is 24.3 Å². The van der Waals surface area contributed by atoms with Crippen LogP contribution in [0.3, 0.4) is 0 Å². The number of allylic oxidation sites excluding steroid dienone is 1. The fourth-order valence-corrected chi connectivity index (χ4v) is 10.9. The van der Waals surface area contributed by atoms with Gasteiger partial charge < -0.3 is 33.5 Å². The molecule has 2 saturated heterocycles. The number of fused-ring (bicyclic) bond motifs is 1. The molecule has 0 saturated carbocycles. The van der Waals surface area contributed by atoms with Crippen LogP contribution in [-0.4, -0.2) is 99.5 Å². The molecule has 2 amide bonds. The molecule has 1 atom stereocenters. The number of halogens is 1. The number of carbonyl (C=O) groups excluding carboxylic acids is 4. The van der Waals surface area contributed by atoms with Crippen LogP contribution in [0.4, 0.5) is 10.5 Å². The average Bonchev–Trinajstić information content (AvgIpc) is 3.34. The zero-order valence-electron chi connectivity index (χ0n) is 41.7. The molecule has 2 heterocycles. The summed E-state index contributed by atoms with van der Waals surface area (Å²) in [4.78, 5) is 55.7. The molecule has 3 aliphatic rings. The number of methoxy groups -OCH3 is 1. The number of ketones is 1. The van der Waals surface area contributed by atoms with Crippen molar-refractivity contribution >= 4 is 55.4 Å². The number of nitrogens with zero attached hydrogens (tertiary/aromatic N) is 2. The second kappa shape index (κ2) is 23.6. The Balaban J connectivity index is 0.820. The van der Waals surface area contributed by atoms with Crippen LogP contribution in [0.1, 0.15) is 99.6 Å². The summed E-state index contributed by atoms with van der Waals surface area (Å²) >= 11 is 6.82. The highest BCUT2D eigenvalue weighted by molar-refractivity contribution is 6.74. The van der Waals surface area contributed by atoms with Crippen molar-refractivity contribution in [3.63, 3.8) is 0 Å². The Bertz CT molecular complexity index is 2510. The van der Waals surface area contributed by atoms with Gasteiger partial charge in [-0.05, 0) is 127 Å². The number of ether oxygens (including phenoxy) is 3. The number of carbonyl (C=O) groups is 4. The maximum Gasteiger partial charge on any atom is 0.411 e. The highest BCUT2D eigenvalue weighted by atomic mass is 35.5. The lowest BCUT2D eigenvalue weighted by molar-refractivity contribution is -0.145. The first-order valence-corrected chi connectivity index (χ1v) is 28.1. The Kier molecular flexibility index (Phi) is 17.7. The first-order chi connectivity index (χ1) is 33.5. The third-order valence-corrected chi connectivity index (χ3v) is 19.4. The molecule has 374 valence electrons. The normalized spacial score (nSPS) is 16.4. The van der Waals surface area contributed by atoms with Crippen LogP contribution in [0.2, 0.25) is 23.2 Å². The lowest BCUT2D eigenvalue weighted by atomic mass is 9.88. The number of aromatic hydroxyl groups is 1. The predicted molar refractivity (Wildman–Crippen MR) is 278 cm³/mol. The standard InChI is InChI=1S/C56H70ClN3O9Si/c1-56(2,3)70(5,6)69-51(46-21-22-50(62)47-36-42(61)19-20-45(46)47)18-12-15-40-33-48(57)41(34-52(40)66-4)35-54(64)67-37-38-23-31-60(32-24-38)53(63)27-30-59-28-25-43(26-29-59)68-55(65)58-49-17-11-10-16-44(49)39-13-8-7-9-14-39/h7-11,13-14,16-17,19-22,33-34,38,43,51,62H,12,15,18,23-32,35-37H2,1-6H3,(H,58,65)/t51-/m0/s1. The van der Waals surface area contributed by atoms with Crippen molar-refractivity contribution in [2.45, 2.75) is 115 Å². The number of aryl methyl sites for hydroxylation is 1. The van der Waals surface area contributed by atoms with E-state index in [2.05, 4.69) is 44.1 Å². The molecular weight excluding hydrogens is 922 g/mol. The summed E-state index contributed by atoms with van der Waals surface area (Å²) in [6.07, 6.45) is 8.14. The van der Waals surface area contributed by atoms with Gasteiger partial charge in [-0.15, -0.1) is 0 Å². The molecule has 0 bridgehead atoms. The zero-order chi connectivity index (χ0) is 50.0. The van der Waals surface area contributed by atoms with Crippen LogP contribution in [0.5, 0.6) is 11.5 Å². The molecule has 7 rings (SSSR count). The molecule has 4 aromatic rings. The lowest BCUT2D eigenvalue weighted by Crippen LogP contribution is -2.43. The third kappa shape index (κ3) is 13.7. The van der Waals surface area contributed by atoms with Crippen LogP contribution in [0.25, 0.3) is 17.2 Å². The smallest absolute Gasteiger partial charge is 0.411 e. The number of likely N-dealkylation sites (tertiary alicyclic amines) is 2. The quantitative estimate of drug-likeness (QED) is 0.0730. The molecule has 0 radical (unpaired) electrons. The number of benzene rings is 4. The van der Waals surface area contributed by atoms with Gasteiger partial charge in [0.05, 0.1) is 31.9 Å². The van der Waals surface area contributed by atoms with E-state index in [4.69, 9.17) is 30.2 Å². The van der Waals surface area contributed by atoms with E-state index in [1.165, 1.54) is 0 Å². The summed E-state index contributed by atoms with van der Waals surface area (Å²) < 4.78 is 24.4. The number of hydrogen-bond acceptors (Lipinski definition) is 10. The number of phenols is 1. The molecule has 12 nitrogen and oxygen atoms in total. The molecule has 14 heteroatoms. The predicted octanol–water partition coefficient (Wildman–Crippen LogP) is 11.4. The fourth-order valence-electron chi connectivity index (χ4n) is 9.37. The summed E-state index contributed by atoms with van der Waals surface area (Å²) in [6.45, 7) is 14.8. The topological polar surface area (TPSA) is 144 Å². The van der Waals surface area contributed by atoms with E-state index in [1.807, 2.05) is 77.7 Å². The maximum atomic E-state index is 13.2. The number of phenolic OH excluding ortho intramolecular Hbond substituents is 1. The van der Waals surface area contributed by atoms with E-state index < -0.39 is 14.4 Å². The van der Waals surface area contributed by atoms with E-state index in [-0.39, 0.29) is 66.0 Å². The molecular formula is C56H70ClN3O9Si. The monoisotopic (exact) mass is 991 g/mol. The number of amides is 2. The number of piperidine rings is 2. The highest BCUT2D eigenvalue weighted by Gasteiger charge is 2.40. The minimum absolute atomic E-state index is 0.0110. The number of para-hydroxylation sites is 1. The van der Waals surface area contributed by atoms with Crippen LogP contribution < -0.4 is 10.1 Å². The van der Waals surface area contributed by atoms with E-state index in [0.717, 1.165) is 60.2 Å². The van der Waals surface area contributed by atoms with Gasteiger partial charge in [0.15, 0.2) is 14.1 Å². The van der Waals surface area contributed by atoms with Crippen LogP contribution in [-0.2, 0) is 47.5 Å². The van der Waals surface area contributed by atoms with Crippen molar-refractivity contribution in [1.29, 1.82) is 0 Å². The van der Waals surface area contributed by atoms with E-state index in [1.54, 1.807) is 25.3 Å². The van der Waals surface area contributed by atoms with Crippen LogP contribution in [0.15, 0.2) is 84.9 Å². The number of rotatable bonds is 18. The second-order valence-electron chi connectivity index (χ2n) is 20.5. The molecule has 70 heavy (non-hydrogen) atoms. The first kappa shape index (κ1) is 52.4. The largest absolute Gasteiger partial charge is 0.508 e. The molecule has 0 spiro atoms. The molecule has 4 aromatic carbocycles. The van der Waals surface area contributed by atoms with Gasteiger partial charge in [0.2, 0.25) is 5.91 Å². The average molecular weight is 993 g/mol. The van der Waals surface area contributed by atoms with Crippen molar-refractivity contribution in [2.75, 3.05) is 51.8 Å². The highest BCUT2D eigenvalue weighted by Crippen LogP contribution is 2.44. The Morgan fingerprint density at radius 1 is 0.900 bits per heavy atom. The van der Waals surface area contributed by atoms with Gasteiger partial charge in [-0.2, -0.15) is 0 Å². The van der Waals surface area contributed by atoms with Crippen molar-refractivity contribution in [1.82, 2.24) is 9.80 Å². The van der Waals surface area contributed by atoms with Gasteiger partial charge in [0.25, 0.3) is 0 Å². The minimum Gasteiger partial charge on any atom is -0.508 e. The summed E-state index contributed by atoms with van der Waals surface area (Å²) in [5, 5.41) is 14.0. The number of nitrogens with one attached hydrogen (secondary N) is 1. The summed E-state index contributed by atoms with van der Waals surface area (Å²) in [7, 11) is -0.615. The maximum absolute atomic E-state index is 13.2. The van der Waals surface area contributed by atoms with Gasteiger partial charge in [-0.3, -0.25) is 19.7 Å². The summed E-state index contributed by atoms with van der Waals surface area (Å²) in [5.74, 6) is 0.661. The van der Waals surface area contributed by atoms with E-state index in [0.29, 0.717) is 79.3 Å². The zero-order valence-corrected chi connectivity index (χ0v) is 43.4. The number of anilines is 1. The minimum atomic E-state index is -2.23. The van der Waals surface area contributed by atoms with Gasteiger partial charge in [0, 0.05) is 61.7 Å². The Labute approximate surface area is 419 Å². The van der Waals surface area contributed by atoms with Crippen LogP contribution in [0, 0.1) is 5.92 Å². The van der Waals surface area contributed by atoms with Crippen molar-refractivity contribution in [3.8, 4) is 22.6 Å². The van der Waals surface area contributed by atoms with E-state index >= 15 is 0 Å². The molecule has 1 aliphatic carbocycles. The van der Waals surface area contributed by atoms with Gasteiger partial charge >= 0.3 is 12.1 Å². The van der Waals surface area contributed by atoms with Gasteiger partial charge in [0.1, 0.15) is 17.6 Å². The summed E-state index contributed by atoms with van der Waals surface area (Å²) in [6, 6.07) is 24.9. The second-order valence-corrected chi connectivity index (χ2v) is 25.6. The fraction of sp³-hybridized carbons (Fsp3) is 0.464. The molecule has 2 aliphatic heterocycles. The van der Waals surface area contributed by atoms with Crippen molar-refractivity contribution in [2.24, 2.45) is 5.92 Å². The van der Waals surface area contributed by atoms with Crippen molar-refractivity contribution < 1.29 is 42.9 Å². The lowest BCUT2D eigenvalue weighted by Gasteiger charge is -2.40. The first-order valence-electron chi connectivity index (χ1n) is 24.8. The van der Waals surface area contributed by atoms with Gasteiger partial charge in [-0.1, -0.05) is 93.0 Å². The Morgan fingerprint density at radius 2 is 1.61 bits per heavy atom.